The van der Waals surface area contributed by atoms with E-state index in [4.69, 9.17) is 46.0 Å². The molecule has 0 radical (unpaired) electrons. The van der Waals surface area contributed by atoms with Gasteiger partial charge >= 0.3 is 17.6 Å². The predicted molar refractivity (Wildman–Crippen MR) is 242 cm³/mol. The number of rotatable bonds is 38. The summed E-state index contributed by atoms with van der Waals surface area (Å²) in [6, 6.07) is 10.0. The summed E-state index contributed by atoms with van der Waals surface area (Å²) in [6.45, 7) is 17.5. The molecular formula is C46H80N2O8Si2. The average molecular weight is 845 g/mol. The number of hydrogen-bond acceptors (Lipinski definition) is 10. The number of benzene rings is 1. The van der Waals surface area contributed by atoms with E-state index in [0.29, 0.717) is 52.9 Å². The van der Waals surface area contributed by atoms with Gasteiger partial charge in [0.1, 0.15) is 22.5 Å². The van der Waals surface area contributed by atoms with Crippen molar-refractivity contribution in [3.05, 3.63) is 36.7 Å². The SMILES string of the molecule is CCO[Si](CCCCCCCCCCCOc1ccnc2c1ccc1c(OCCCCCCCCCCC[Si](OCC)(OCC)OCC)ccnc12)(OCC)OCC. The van der Waals surface area contributed by atoms with Crippen LogP contribution in [0.15, 0.2) is 36.7 Å². The van der Waals surface area contributed by atoms with Crippen LogP contribution in [-0.2, 0) is 26.6 Å². The highest BCUT2D eigenvalue weighted by Gasteiger charge is 2.40. The van der Waals surface area contributed by atoms with Crippen LogP contribution in [0.2, 0.25) is 12.1 Å². The lowest BCUT2D eigenvalue weighted by atomic mass is 10.1. The fourth-order valence-corrected chi connectivity index (χ4v) is 13.1. The van der Waals surface area contributed by atoms with Crippen LogP contribution in [-0.4, -0.2) is 80.4 Å². The average Bonchev–Trinajstić information content (AvgIpc) is 3.22. The maximum atomic E-state index is 6.29. The second-order valence-electron chi connectivity index (χ2n) is 15.0. The lowest BCUT2D eigenvalue weighted by molar-refractivity contribution is 0.0698. The van der Waals surface area contributed by atoms with Crippen LogP contribution >= 0.6 is 0 Å². The molecule has 0 aliphatic rings. The number of unbranched alkanes of at least 4 members (excludes halogenated alkanes) is 16. The van der Waals surface area contributed by atoms with Gasteiger partial charge < -0.3 is 36.0 Å². The Balaban J connectivity index is 1.28. The molecule has 58 heavy (non-hydrogen) atoms. The molecule has 10 nitrogen and oxygen atoms in total. The minimum absolute atomic E-state index is 0.649. The van der Waals surface area contributed by atoms with E-state index in [9.17, 15) is 0 Å². The number of hydrogen-bond donors (Lipinski definition) is 0. The van der Waals surface area contributed by atoms with Crippen molar-refractivity contribution in [3.8, 4) is 11.5 Å². The van der Waals surface area contributed by atoms with E-state index in [2.05, 4.69) is 12.1 Å². The highest BCUT2D eigenvalue weighted by molar-refractivity contribution is 6.61. The van der Waals surface area contributed by atoms with Gasteiger partial charge in [-0.2, -0.15) is 0 Å². The zero-order valence-corrected chi connectivity index (χ0v) is 39.4. The summed E-state index contributed by atoms with van der Waals surface area (Å²) >= 11 is 0. The molecule has 2 aromatic heterocycles. The Morgan fingerprint density at radius 2 is 0.638 bits per heavy atom. The first-order chi connectivity index (χ1) is 28.5. The van der Waals surface area contributed by atoms with Crippen LogP contribution in [0.4, 0.5) is 0 Å². The van der Waals surface area contributed by atoms with E-state index in [0.717, 1.165) is 71.1 Å². The molecule has 3 aromatic rings. The molecule has 0 aliphatic carbocycles. The largest absolute Gasteiger partial charge is 0.500 e. The summed E-state index contributed by atoms with van der Waals surface area (Å²) in [7, 11) is -4.99. The van der Waals surface area contributed by atoms with Gasteiger partial charge in [-0.1, -0.05) is 89.9 Å². The maximum Gasteiger partial charge on any atom is 0.500 e. The van der Waals surface area contributed by atoms with E-state index in [1.165, 1.54) is 89.9 Å². The number of ether oxygens (including phenoxy) is 2. The fourth-order valence-electron chi connectivity index (χ4n) is 7.76. The topological polar surface area (TPSA) is 99.6 Å². The molecule has 0 bridgehead atoms. The monoisotopic (exact) mass is 845 g/mol. The molecule has 0 aliphatic heterocycles. The molecule has 0 unspecified atom stereocenters. The molecule has 0 amide bonds. The van der Waals surface area contributed by atoms with Gasteiger partial charge in [0.25, 0.3) is 0 Å². The van der Waals surface area contributed by atoms with E-state index in [1.54, 1.807) is 0 Å². The van der Waals surface area contributed by atoms with Crippen molar-refractivity contribution < 1.29 is 36.0 Å². The van der Waals surface area contributed by atoms with E-state index in [1.807, 2.05) is 66.1 Å². The Kier molecular flexibility index (Phi) is 26.7. The minimum atomic E-state index is -2.49. The Morgan fingerprint density at radius 3 is 0.931 bits per heavy atom. The molecule has 0 saturated carbocycles. The van der Waals surface area contributed by atoms with Crippen LogP contribution in [0.25, 0.3) is 21.8 Å². The number of pyridine rings is 2. The molecular weight excluding hydrogens is 765 g/mol. The molecule has 2 heterocycles. The quantitative estimate of drug-likeness (QED) is 0.0315. The van der Waals surface area contributed by atoms with Gasteiger partial charge in [0.2, 0.25) is 0 Å². The van der Waals surface area contributed by atoms with E-state index >= 15 is 0 Å². The summed E-state index contributed by atoms with van der Waals surface area (Å²) in [6.07, 6.45) is 25.5. The molecule has 0 saturated heterocycles. The van der Waals surface area contributed by atoms with Gasteiger partial charge in [0.05, 0.1) is 13.2 Å². The van der Waals surface area contributed by atoms with Crippen molar-refractivity contribution in [3.63, 3.8) is 0 Å². The summed E-state index contributed by atoms with van der Waals surface area (Å²) in [4.78, 5) is 9.43. The lowest BCUT2D eigenvalue weighted by Crippen LogP contribution is -2.45. The third-order valence-electron chi connectivity index (χ3n) is 10.5. The van der Waals surface area contributed by atoms with Gasteiger partial charge in [-0.3, -0.25) is 9.97 Å². The standard InChI is InChI=1S/C46H80N2O8Si2/c1-7-51-57(52-8-2,53-9-3)39-29-25-21-17-13-15-19-23-27-37-49-43-33-35-47-45-41(43)31-32-42-44(34-36-48-46(42)45)50-38-28-24-20-16-14-18-22-26-30-40-58(54-10-4,55-11-5)56-12-6/h31-36H,7-30,37-40H2,1-6H3. The zero-order chi connectivity index (χ0) is 41.6. The highest BCUT2D eigenvalue weighted by Crippen LogP contribution is 2.33. The Morgan fingerprint density at radius 1 is 0.362 bits per heavy atom. The third-order valence-corrected chi connectivity index (χ3v) is 16.8. The van der Waals surface area contributed by atoms with Crippen LogP contribution in [0, 0.1) is 0 Å². The Hall–Kier alpha value is -2.17. The van der Waals surface area contributed by atoms with Crippen molar-refractivity contribution in [2.75, 3.05) is 52.9 Å². The van der Waals surface area contributed by atoms with Gasteiger partial charge in [0.15, 0.2) is 0 Å². The second-order valence-corrected chi connectivity index (χ2v) is 20.5. The van der Waals surface area contributed by atoms with Gasteiger partial charge in [-0.05, 0) is 91.5 Å². The first kappa shape index (κ1) is 50.2. The maximum absolute atomic E-state index is 6.29. The number of aromatic nitrogens is 2. The normalized spacial score (nSPS) is 12.2. The van der Waals surface area contributed by atoms with Crippen molar-refractivity contribution in [1.29, 1.82) is 0 Å². The first-order valence-corrected chi connectivity index (χ1v) is 27.1. The third kappa shape index (κ3) is 18.2. The summed E-state index contributed by atoms with van der Waals surface area (Å²) < 4.78 is 48.5. The number of nitrogens with zero attached hydrogens (tertiary/aromatic N) is 2. The minimum Gasteiger partial charge on any atom is -0.493 e. The van der Waals surface area contributed by atoms with Crippen molar-refractivity contribution >= 4 is 39.4 Å². The van der Waals surface area contributed by atoms with E-state index < -0.39 is 17.6 Å². The highest BCUT2D eigenvalue weighted by atomic mass is 28.4. The number of fused-ring (bicyclic) bond motifs is 3. The van der Waals surface area contributed by atoms with Gasteiger partial charge in [-0.25, -0.2) is 0 Å². The summed E-state index contributed by atoms with van der Waals surface area (Å²) in [5, 5.41) is 2.00. The Bertz CT molecular complexity index is 1340. The van der Waals surface area contributed by atoms with Crippen LogP contribution in [0.5, 0.6) is 11.5 Å². The van der Waals surface area contributed by atoms with Crippen LogP contribution in [0.3, 0.4) is 0 Å². The van der Waals surface area contributed by atoms with Crippen LogP contribution in [0.1, 0.15) is 157 Å². The van der Waals surface area contributed by atoms with Crippen molar-refractivity contribution in [2.45, 2.75) is 169 Å². The first-order valence-electron chi connectivity index (χ1n) is 23.3. The molecule has 0 fully saturated rings. The zero-order valence-electron chi connectivity index (χ0n) is 37.4. The van der Waals surface area contributed by atoms with Crippen LogP contribution < -0.4 is 9.47 Å². The molecule has 330 valence electrons. The predicted octanol–water partition coefficient (Wildman–Crippen LogP) is 12.7. The second kappa shape index (κ2) is 30.8. The molecule has 0 spiro atoms. The van der Waals surface area contributed by atoms with E-state index in [-0.39, 0.29) is 0 Å². The fraction of sp³-hybridized carbons (Fsp3) is 0.739. The molecule has 3 rings (SSSR count). The Labute approximate surface area is 354 Å². The molecule has 1 aromatic carbocycles. The molecule has 0 N–H and O–H groups in total. The van der Waals surface area contributed by atoms with Gasteiger partial charge in [0, 0.05) is 74.9 Å². The summed E-state index contributed by atoms with van der Waals surface area (Å²) in [5.74, 6) is 1.75. The van der Waals surface area contributed by atoms with Crippen molar-refractivity contribution in [2.24, 2.45) is 0 Å². The van der Waals surface area contributed by atoms with Crippen molar-refractivity contribution in [1.82, 2.24) is 9.97 Å². The molecule has 12 heteroatoms. The smallest absolute Gasteiger partial charge is 0.493 e. The summed E-state index contributed by atoms with van der Waals surface area (Å²) in [5.41, 5.74) is 1.72. The lowest BCUT2D eigenvalue weighted by Gasteiger charge is -2.28. The molecule has 0 atom stereocenters. The van der Waals surface area contributed by atoms with Gasteiger partial charge in [-0.15, -0.1) is 0 Å².